The van der Waals surface area contributed by atoms with Crippen molar-refractivity contribution in [3.63, 3.8) is 0 Å². The van der Waals surface area contributed by atoms with Gasteiger partial charge in [0, 0.05) is 0 Å². The fraction of sp³-hybridized carbons (Fsp3) is 0.412. The van der Waals surface area contributed by atoms with Crippen LogP contribution in [-0.2, 0) is 6.42 Å². The van der Waals surface area contributed by atoms with Crippen LogP contribution in [0.5, 0.6) is 0 Å². The van der Waals surface area contributed by atoms with E-state index in [1.165, 1.54) is 29.5 Å². The van der Waals surface area contributed by atoms with Gasteiger partial charge in [0.2, 0.25) is 0 Å². The Balaban J connectivity index is 1.80. The van der Waals surface area contributed by atoms with Crippen molar-refractivity contribution in [3.8, 4) is 0 Å². The lowest BCUT2D eigenvalue weighted by Crippen LogP contribution is -2.01. The molecule has 0 radical (unpaired) electrons. The number of hydrogen-bond donors (Lipinski definition) is 1. The molecule has 0 spiro atoms. The molecule has 1 aliphatic rings. The molecule has 0 saturated heterocycles. The molecule has 1 aliphatic carbocycles. The third-order valence-corrected chi connectivity index (χ3v) is 3.69. The summed E-state index contributed by atoms with van der Waals surface area (Å²) in [4.78, 5) is 0. The monoisotopic (exact) mass is 242 g/mol. The molecular weight excluding hydrogens is 220 g/mol. The summed E-state index contributed by atoms with van der Waals surface area (Å²) >= 11 is 0. The van der Waals surface area contributed by atoms with Gasteiger partial charge in [0.25, 0.3) is 0 Å². The Hall–Kier alpha value is -1.50. The molecule has 0 saturated carbocycles. The van der Waals surface area contributed by atoms with E-state index < -0.39 is 0 Å². The SMILES string of the molecule is Cc1ccc(CCC[C@H]2C=CC(O)=CC2)c(C)c1. The Kier molecular flexibility index (Phi) is 4.24. The van der Waals surface area contributed by atoms with Crippen LogP contribution in [0.1, 0.15) is 36.0 Å². The molecule has 1 heteroatoms. The molecule has 1 nitrogen and oxygen atoms in total. The summed E-state index contributed by atoms with van der Waals surface area (Å²) in [5.41, 5.74) is 4.22. The molecule has 1 aromatic rings. The first-order valence-corrected chi connectivity index (χ1v) is 6.78. The van der Waals surface area contributed by atoms with E-state index in [1.807, 2.05) is 12.2 Å². The smallest absolute Gasteiger partial charge is 0.111 e. The summed E-state index contributed by atoms with van der Waals surface area (Å²) in [7, 11) is 0. The van der Waals surface area contributed by atoms with E-state index in [-0.39, 0.29) is 0 Å². The van der Waals surface area contributed by atoms with E-state index in [0.29, 0.717) is 11.7 Å². The Morgan fingerprint density at radius 2 is 2.11 bits per heavy atom. The van der Waals surface area contributed by atoms with E-state index in [4.69, 9.17) is 0 Å². The molecule has 0 aliphatic heterocycles. The van der Waals surface area contributed by atoms with Gasteiger partial charge in [-0.15, -0.1) is 0 Å². The molecule has 1 aromatic carbocycles. The molecule has 0 amide bonds. The molecule has 2 rings (SSSR count). The normalized spacial score (nSPS) is 18.8. The summed E-state index contributed by atoms with van der Waals surface area (Å²) in [5.74, 6) is 1.02. The van der Waals surface area contributed by atoms with Crippen LogP contribution in [0.4, 0.5) is 0 Å². The summed E-state index contributed by atoms with van der Waals surface area (Å²) in [6, 6.07) is 6.72. The molecule has 1 N–H and O–H groups in total. The van der Waals surface area contributed by atoms with Gasteiger partial charge in [0.1, 0.15) is 5.76 Å². The van der Waals surface area contributed by atoms with Gasteiger partial charge in [0.15, 0.2) is 0 Å². The number of allylic oxidation sites excluding steroid dienone is 3. The first kappa shape index (κ1) is 12.9. The zero-order valence-corrected chi connectivity index (χ0v) is 11.3. The van der Waals surface area contributed by atoms with Gasteiger partial charge in [-0.05, 0) is 68.7 Å². The van der Waals surface area contributed by atoms with Gasteiger partial charge in [-0.2, -0.15) is 0 Å². The van der Waals surface area contributed by atoms with Gasteiger partial charge >= 0.3 is 0 Å². The average molecular weight is 242 g/mol. The molecule has 0 heterocycles. The Bertz CT molecular complexity index is 468. The summed E-state index contributed by atoms with van der Waals surface area (Å²) < 4.78 is 0. The highest BCUT2D eigenvalue weighted by atomic mass is 16.3. The average Bonchev–Trinajstić information content (AvgIpc) is 2.34. The summed E-state index contributed by atoms with van der Waals surface area (Å²) in [5, 5.41) is 9.27. The number of rotatable bonds is 4. The molecule has 0 aromatic heterocycles. The number of aryl methyl sites for hydroxylation is 3. The number of aliphatic hydroxyl groups excluding tert-OH is 1. The number of hydrogen-bond acceptors (Lipinski definition) is 1. The standard InChI is InChI=1S/C17H22O/c1-13-6-9-16(14(2)12-13)5-3-4-15-7-10-17(18)11-8-15/h6-7,9-12,15,18H,3-5,8H2,1-2H3/t15-/m0/s1. The Labute approximate surface area is 110 Å². The molecule has 96 valence electrons. The first-order valence-electron chi connectivity index (χ1n) is 6.78. The van der Waals surface area contributed by atoms with Crippen LogP contribution in [-0.4, -0.2) is 5.11 Å². The van der Waals surface area contributed by atoms with Crippen LogP contribution in [0.3, 0.4) is 0 Å². The van der Waals surface area contributed by atoms with Crippen LogP contribution < -0.4 is 0 Å². The van der Waals surface area contributed by atoms with Crippen LogP contribution in [0.15, 0.2) is 42.2 Å². The Morgan fingerprint density at radius 3 is 2.78 bits per heavy atom. The number of benzene rings is 1. The fourth-order valence-electron chi connectivity index (χ4n) is 2.55. The highest BCUT2D eigenvalue weighted by Gasteiger charge is 2.08. The topological polar surface area (TPSA) is 20.2 Å². The zero-order chi connectivity index (χ0) is 13.0. The molecule has 1 atom stereocenters. The second-order valence-electron chi connectivity index (χ2n) is 5.31. The third kappa shape index (κ3) is 3.49. The molecule has 0 bridgehead atoms. The fourth-order valence-corrected chi connectivity index (χ4v) is 2.55. The van der Waals surface area contributed by atoms with Crippen molar-refractivity contribution in [2.75, 3.05) is 0 Å². The van der Waals surface area contributed by atoms with Gasteiger partial charge in [-0.3, -0.25) is 0 Å². The largest absolute Gasteiger partial charge is 0.508 e. The van der Waals surface area contributed by atoms with Gasteiger partial charge < -0.3 is 5.11 Å². The van der Waals surface area contributed by atoms with E-state index >= 15 is 0 Å². The zero-order valence-electron chi connectivity index (χ0n) is 11.3. The second kappa shape index (κ2) is 5.90. The molecule has 0 unspecified atom stereocenters. The van der Waals surface area contributed by atoms with E-state index in [1.54, 1.807) is 0 Å². The summed E-state index contributed by atoms with van der Waals surface area (Å²) in [6.45, 7) is 4.34. The first-order chi connectivity index (χ1) is 8.65. The van der Waals surface area contributed by atoms with Crippen molar-refractivity contribution >= 4 is 0 Å². The molecule has 0 fully saturated rings. The number of aliphatic hydroxyl groups is 1. The van der Waals surface area contributed by atoms with E-state index in [2.05, 4.69) is 38.1 Å². The van der Waals surface area contributed by atoms with Crippen LogP contribution in [0, 0.1) is 19.8 Å². The van der Waals surface area contributed by atoms with Gasteiger partial charge in [-0.1, -0.05) is 29.8 Å². The van der Waals surface area contributed by atoms with Crippen LogP contribution >= 0.6 is 0 Å². The minimum atomic E-state index is 0.417. The predicted octanol–water partition coefficient (Wildman–Crippen LogP) is 4.64. The van der Waals surface area contributed by atoms with E-state index in [0.717, 1.165) is 12.8 Å². The van der Waals surface area contributed by atoms with Crippen molar-refractivity contribution in [2.45, 2.75) is 39.5 Å². The summed E-state index contributed by atoms with van der Waals surface area (Å²) in [6.07, 6.45) is 10.4. The Morgan fingerprint density at radius 1 is 1.28 bits per heavy atom. The third-order valence-electron chi connectivity index (χ3n) is 3.69. The highest BCUT2D eigenvalue weighted by Crippen LogP contribution is 2.21. The maximum absolute atomic E-state index is 9.27. The van der Waals surface area contributed by atoms with Crippen molar-refractivity contribution in [2.24, 2.45) is 5.92 Å². The van der Waals surface area contributed by atoms with Crippen LogP contribution in [0.25, 0.3) is 0 Å². The lowest BCUT2D eigenvalue weighted by Gasteiger charge is -2.14. The maximum Gasteiger partial charge on any atom is 0.111 e. The highest BCUT2D eigenvalue weighted by molar-refractivity contribution is 5.30. The molecular formula is C17H22O. The quantitative estimate of drug-likeness (QED) is 0.815. The lowest BCUT2D eigenvalue weighted by atomic mass is 9.92. The van der Waals surface area contributed by atoms with Crippen molar-refractivity contribution in [1.29, 1.82) is 0 Å². The van der Waals surface area contributed by atoms with Crippen LogP contribution in [0.2, 0.25) is 0 Å². The van der Waals surface area contributed by atoms with Crippen molar-refractivity contribution < 1.29 is 5.11 Å². The minimum Gasteiger partial charge on any atom is -0.508 e. The molecule has 18 heavy (non-hydrogen) atoms. The second-order valence-corrected chi connectivity index (χ2v) is 5.31. The van der Waals surface area contributed by atoms with Crippen molar-refractivity contribution in [3.05, 3.63) is 58.9 Å². The lowest BCUT2D eigenvalue weighted by molar-refractivity contribution is 0.417. The predicted molar refractivity (Wildman–Crippen MR) is 76.8 cm³/mol. The minimum absolute atomic E-state index is 0.417. The van der Waals surface area contributed by atoms with Gasteiger partial charge in [0.05, 0.1) is 0 Å². The van der Waals surface area contributed by atoms with Gasteiger partial charge in [-0.25, -0.2) is 0 Å². The maximum atomic E-state index is 9.27. The van der Waals surface area contributed by atoms with Crippen molar-refractivity contribution in [1.82, 2.24) is 0 Å². The van der Waals surface area contributed by atoms with E-state index in [9.17, 15) is 5.11 Å².